The summed E-state index contributed by atoms with van der Waals surface area (Å²) in [6.45, 7) is 1.03. The van der Waals surface area contributed by atoms with Crippen molar-refractivity contribution in [3.8, 4) is 5.75 Å². The van der Waals surface area contributed by atoms with Gasteiger partial charge >= 0.3 is 6.09 Å². The van der Waals surface area contributed by atoms with E-state index in [0.717, 1.165) is 17.3 Å². The number of amides is 2. The Bertz CT molecular complexity index is 907. The second-order valence-electron chi connectivity index (χ2n) is 6.36. The van der Waals surface area contributed by atoms with Crippen molar-refractivity contribution < 1.29 is 23.9 Å². The third-order valence-electron chi connectivity index (χ3n) is 4.29. The molecule has 1 unspecified atom stereocenters. The molecule has 2 aliphatic rings. The minimum atomic E-state index is -0.448. The van der Waals surface area contributed by atoms with Gasteiger partial charge in [0.1, 0.15) is 18.2 Å². The molecule has 2 saturated heterocycles. The molecule has 9 heteroatoms. The van der Waals surface area contributed by atoms with E-state index >= 15 is 0 Å². The molecule has 2 aliphatic heterocycles. The van der Waals surface area contributed by atoms with Crippen molar-refractivity contribution in [3.63, 3.8) is 0 Å². The average Bonchev–Trinajstić information content (AvgIpc) is 3.22. The second-order valence-corrected chi connectivity index (χ2v) is 7.37. The van der Waals surface area contributed by atoms with Gasteiger partial charge in [-0.05, 0) is 29.8 Å². The van der Waals surface area contributed by atoms with Crippen LogP contribution in [0.2, 0.25) is 0 Å². The summed E-state index contributed by atoms with van der Waals surface area (Å²) in [5, 5.41) is -0.373. The predicted octanol–water partition coefficient (Wildman–Crippen LogP) is 2.68. The molecular weight excluding hydrogens is 382 g/mol. The molecule has 4 rings (SSSR count). The molecule has 0 N–H and O–H groups in total. The van der Waals surface area contributed by atoms with Gasteiger partial charge in [0.05, 0.1) is 13.1 Å². The van der Waals surface area contributed by atoms with E-state index in [0.29, 0.717) is 24.7 Å². The molecule has 2 aromatic rings. The molecule has 1 aromatic carbocycles. The maximum atomic E-state index is 12.0. The zero-order chi connectivity index (χ0) is 19.5. The van der Waals surface area contributed by atoms with Gasteiger partial charge in [0.15, 0.2) is 6.10 Å². The van der Waals surface area contributed by atoms with Crippen molar-refractivity contribution >= 4 is 34.0 Å². The number of carbonyl (C=O) groups excluding carboxylic acids is 3. The molecule has 2 amide bonds. The summed E-state index contributed by atoms with van der Waals surface area (Å²) in [6, 6.07) is 12.6. The molecule has 0 saturated carbocycles. The fourth-order valence-corrected chi connectivity index (χ4v) is 3.66. The number of nitrogens with zero attached hydrogens (tertiary/aromatic N) is 3. The minimum Gasteiger partial charge on any atom is -0.490 e. The zero-order valence-corrected chi connectivity index (χ0v) is 15.6. The van der Waals surface area contributed by atoms with Crippen LogP contribution in [0, 0.1) is 0 Å². The molecule has 0 spiro atoms. The zero-order valence-electron chi connectivity index (χ0n) is 14.8. The Hall–Kier alpha value is -3.07. The Morgan fingerprint density at radius 3 is 2.82 bits per heavy atom. The molecule has 0 aliphatic carbocycles. The maximum absolute atomic E-state index is 12.0. The Labute approximate surface area is 165 Å². The molecule has 28 heavy (non-hydrogen) atoms. The van der Waals surface area contributed by atoms with E-state index in [9.17, 15) is 14.4 Å². The topological polar surface area (TPSA) is 89.0 Å². The largest absolute Gasteiger partial charge is 0.490 e. The Morgan fingerprint density at radius 1 is 1.18 bits per heavy atom. The fourth-order valence-electron chi connectivity index (χ4n) is 2.99. The van der Waals surface area contributed by atoms with Gasteiger partial charge < -0.3 is 14.4 Å². The van der Waals surface area contributed by atoms with Crippen molar-refractivity contribution in [2.45, 2.75) is 12.6 Å². The van der Waals surface area contributed by atoms with Crippen LogP contribution in [0.3, 0.4) is 0 Å². The monoisotopic (exact) mass is 399 g/mol. The quantitative estimate of drug-likeness (QED) is 0.738. The van der Waals surface area contributed by atoms with Crippen LogP contribution in [-0.2, 0) is 16.1 Å². The van der Waals surface area contributed by atoms with Gasteiger partial charge in [-0.25, -0.2) is 9.78 Å². The van der Waals surface area contributed by atoms with Crippen molar-refractivity contribution in [2.75, 3.05) is 24.6 Å². The van der Waals surface area contributed by atoms with Crippen LogP contribution in [0.25, 0.3) is 0 Å². The molecule has 1 atom stereocenters. The van der Waals surface area contributed by atoms with Gasteiger partial charge in [-0.3, -0.25) is 14.5 Å². The number of rotatable bonds is 6. The van der Waals surface area contributed by atoms with Crippen LogP contribution in [0.15, 0.2) is 48.7 Å². The number of hydrogen-bond acceptors (Lipinski definition) is 7. The Balaban J connectivity index is 1.33. The smallest absolute Gasteiger partial charge is 0.416 e. The first-order valence-electron chi connectivity index (χ1n) is 8.69. The molecule has 3 heterocycles. The summed E-state index contributed by atoms with van der Waals surface area (Å²) in [7, 11) is 0. The van der Waals surface area contributed by atoms with E-state index in [1.807, 2.05) is 24.3 Å². The number of thioether (sulfide) groups is 1. The highest BCUT2D eigenvalue weighted by Crippen LogP contribution is 2.24. The highest BCUT2D eigenvalue weighted by atomic mass is 32.2. The SMILES string of the molecule is O=C1CN(Cc2cccc(OCC3CN(c4ccccn4)C(=O)O3)c2)C(=O)S1. The van der Waals surface area contributed by atoms with Crippen LogP contribution in [0.4, 0.5) is 15.4 Å². The lowest BCUT2D eigenvalue weighted by molar-refractivity contribution is -0.110. The van der Waals surface area contributed by atoms with Gasteiger partial charge in [0.25, 0.3) is 5.24 Å². The average molecular weight is 399 g/mol. The molecule has 8 nitrogen and oxygen atoms in total. The van der Waals surface area contributed by atoms with Crippen LogP contribution in [0.1, 0.15) is 5.56 Å². The first-order chi connectivity index (χ1) is 13.6. The summed E-state index contributed by atoms with van der Waals surface area (Å²) in [4.78, 5) is 42.3. The summed E-state index contributed by atoms with van der Waals surface area (Å²) in [5.74, 6) is 1.15. The molecular formula is C19H17N3O5S. The van der Waals surface area contributed by atoms with Gasteiger partial charge in [-0.15, -0.1) is 0 Å². The highest BCUT2D eigenvalue weighted by molar-refractivity contribution is 8.26. The minimum absolute atomic E-state index is 0.121. The van der Waals surface area contributed by atoms with Crippen LogP contribution >= 0.6 is 11.8 Å². The molecule has 2 fully saturated rings. The Kier molecular flexibility index (Phi) is 5.16. The van der Waals surface area contributed by atoms with Crippen molar-refractivity contribution in [1.82, 2.24) is 9.88 Å². The van der Waals surface area contributed by atoms with E-state index in [2.05, 4.69) is 4.98 Å². The lowest BCUT2D eigenvalue weighted by atomic mass is 10.2. The lowest BCUT2D eigenvalue weighted by Gasteiger charge is -2.15. The second kappa shape index (κ2) is 7.89. The maximum Gasteiger partial charge on any atom is 0.416 e. The molecule has 0 radical (unpaired) electrons. The first-order valence-corrected chi connectivity index (χ1v) is 9.50. The first kappa shape index (κ1) is 18.3. The van der Waals surface area contributed by atoms with E-state index in [4.69, 9.17) is 9.47 Å². The van der Waals surface area contributed by atoms with Gasteiger partial charge in [0, 0.05) is 24.5 Å². The third-order valence-corrected chi connectivity index (χ3v) is 5.08. The van der Waals surface area contributed by atoms with Crippen molar-refractivity contribution in [1.29, 1.82) is 0 Å². The standard InChI is InChI=1S/C19H17N3O5S/c23-17-11-21(19(25)28-17)9-13-4-3-5-14(8-13)26-12-15-10-22(18(24)27-15)16-6-1-2-7-20-16/h1-8,15H,9-12H2. The fraction of sp³-hybridized carbons (Fsp3) is 0.263. The normalized spacial score (nSPS) is 19.3. The third kappa shape index (κ3) is 4.09. The number of benzene rings is 1. The number of anilines is 1. The molecule has 144 valence electrons. The number of carbonyl (C=O) groups is 3. The number of pyridine rings is 1. The van der Waals surface area contributed by atoms with Crippen molar-refractivity contribution in [3.05, 3.63) is 54.2 Å². The number of cyclic esters (lactones) is 1. The van der Waals surface area contributed by atoms with E-state index in [-0.39, 0.29) is 23.5 Å². The molecule has 1 aromatic heterocycles. The van der Waals surface area contributed by atoms with Crippen molar-refractivity contribution in [2.24, 2.45) is 0 Å². The summed E-state index contributed by atoms with van der Waals surface area (Å²) in [5.41, 5.74) is 0.861. The van der Waals surface area contributed by atoms with E-state index in [1.54, 1.807) is 24.4 Å². The van der Waals surface area contributed by atoms with Gasteiger partial charge in [0.2, 0.25) is 5.12 Å². The number of hydrogen-bond donors (Lipinski definition) is 0. The summed E-state index contributed by atoms with van der Waals surface area (Å²) in [6.07, 6.45) is 0.762. The lowest BCUT2D eigenvalue weighted by Crippen LogP contribution is -2.27. The van der Waals surface area contributed by atoms with E-state index < -0.39 is 12.2 Å². The summed E-state index contributed by atoms with van der Waals surface area (Å²) < 4.78 is 11.1. The van der Waals surface area contributed by atoms with E-state index in [1.165, 1.54) is 9.80 Å². The van der Waals surface area contributed by atoms with Crippen LogP contribution < -0.4 is 9.64 Å². The predicted molar refractivity (Wildman–Crippen MR) is 102 cm³/mol. The van der Waals surface area contributed by atoms with Crippen LogP contribution in [-0.4, -0.2) is 52.1 Å². The summed E-state index contributed by atoms with van der Waals surface area (Å²) >= 11 is 0.736. The Morgan fingerprint density at radius 2 is 2.07 bits per heavy atom. The van der Waals surface area contributed by atoms with Crippen LogP contribution in [0.5, 0.6) is 5.75 Å². The highest BCUT2D eigenvalue weighted by Gasteiger charge is 2.33. The van der Waals surface area contributed by atoms with Gasteiger partial charge in [-0.2, -0.15) is 0 Å². The number of aromatic nitrogens is 1. The number of ether oxygens (including phenoxy) is 2. The van der Waals surface area contributed by atoms with Gasteiger partial charge in [-0.1, -0.05) is 18.2 Å². The molecule has 0 bridgehead atoms.